The highest BCUT2D eigenvalue weighted by molar-refractivity contribution is 6.12. The number of rotatable bonds is 7. The van der Waals surface area contributed by atoms with Gasteiger partial charge in [-0.2, -0.15) is 0 Å². The summed E-state index contributed by atoms with van der Waals surface area (Å²) in [4.78, 5) is 28.8. The summed E-state index contributed by atoms with van der Waals surface area (Å²) in [6.07, 6.45) is 5.37. The van der Waals surface area contributed by atoms with E-state index in [2.05, 4.69) is 5.16 Å². The number of nitrogens with zero attached hydrogens (tertiary/aromatic N) is 2. The first-order chi connectivity index (χ1) is 10.2. The van der Waals surface area contributed by atoms with Crippen LogP contribution in [-0.4, -0.2) is 36.1 Å². The molecule has 6 heteroatoms. The van der Waals surface area contributed by atoms with Crippen molar-refractivity contribution >= 4 is 18.0 Å². The van der Waals surface area contributed by atoms with E-state index in [4.69, 9.17) is 4.84 Å². The van der Waals surface area contributed by atoms with Gasteiger partial charge < -0.3 is 4.84 Å². The summed E-state index contributed by atoms with van der Waals surface area (Å²) in [6, 6.07) is 5.89. The number of hydrogen-bond acceptors (Lipinski definition) is 4. The number of carbonyl (C=O) groups excluding carboxylic acids is 2. The molecule has 0 atom stereocenters. The van der Waals surface area contributed by atoms with Crippen molar-refractivity contribution in [3.63, 3.8) is 0 Å². The predicted molar refractivity (Wildman–Crippen MR) is 75.0 cm³/mol. The fourth-order valence-electron chi connectivity index (χ4n) is 1.79. The van der Waals surface area contributed by atoms with Crippen LogP contribution < -0.4 is 0 Å². The minimum absolute atomic E-state index is 0.268. The van der Waals surface area contributed by atoms with E-state index in [0.29, 0.717) is 26.0 Å². The Kier molecular flexibility index (Phi) is 5.20. The van der Waals surface area contributed by atoms with E-state index in [-0.39, 0.29) is 17.6 Å². The van der Waals surface area contributed by atoms with Gasteiger partial charge in [0, 0.05) is 18.7 Å². The Morgan fingerprint density at radius 3 is 2.43 bits per heavy atom. The molecule has 1 aliphatic heterocycles. The molecule has 0 saturated carbocycles. The third-order valence-corrected chi connectivity index (χ3v) is 2.91. The zero-order valence-electron chi connectivity index (χ0n) is 11.4. The van der Waals surface area contributed by atoms with Crippen LogP contribution in [0.5, 0.6) is 0 Å². The van der Waals surface area contributed by atoms with Gasteiger partial charge in [-0.1, -0.05) is 17.3 Å². The Morgan fingerprint density at radius 2 is 1.76 bits per heavy atom. The number of imide groups is 1. The summed E-state index contributed by atoms with van der Waals surface area (Å²) in [6.45, 7) is 0.775. The van der Waals surface area contributed by atoms with Crippen LogP contribution in [-0.2, 0) is 14.4 Å². The van der Waals surface area contributed by atoms with E-state index in [0.717, 1.165) is 5.56 Å². The second kappa shape index (κ2) is 7.33. The van der Waals surface area contributed by atoms with Crippen molar-refractivity contribution in [1.29, 1.82) is 0 Å². The molecule has 1 aromatic rings. The van der Waals surface area contributed by atoms with E-state index in [1.54, 1.807) is 12.1 Å². The summed E-state index contributed by atoms with van der Waals surface area (Å²) < 4.78 is 12.7. The van der Waals surface area contributed by atoms with Crippen molar-refractivity contribution < 1.29 is 18.8 Å². The Morgan fingerprint density at radius 1 is 1.10 bits per heavy atom. The molecular formula is C15H15FN2O3. The van der Waals surface area contributed by atoms with Crippen molar-refractivity contribution in [3.05, 3.63) is 47.8 Å². The Labute approximate surface area is 121 Å². The van der Waals surface area contributed by atoms with Crippen molar-refractivity contribution in [3.8, 4) is 0 Å². The monoisotopic (exact) mass is 289 g/mol. The van der Waals surface area contributed by atoms with Crippen molar-refractivity contribution in [2.24, 2.45) is 5.16 Å². The van der Waals surface area contributed by atoms with Gasteiger partial charge in [-0.25, -0.2) is 4.39 Å². The zero-order chi connectivity index (χ0) is 15.1. The van der Waals surface area contributed by atoms with Gasteiger partial charge in [-0.3, -0.25) is 14.5 Å². The van der Waals surface area contributed by atoms with Gasteiger partial charge in [0.1, 0.15) is 12.4 Å². The van der Waals surface area contributed by atoms with Gasteiger partial charge in [0.25, 0.3) is 11.8 Å². The SMILES string of the molecule is O=C1C=CC(=O)N1CCCCO/N=C/c1ccc([18F])cc1. The molecule has 0 aromatic heterocycles. The van der Waals surface area contributed by atoms with E-state index < -0.39 is 0 Å². The molecule has 0 radical (unpaired) electrons. The largest absolute Gasteiger partial charge is 0.396 e. The number of hydrogen-bond donors (Lipinski definition) is 0. The molecule has 0 aliphatic carbocycles. The minimum Gasteiger partial charge on any atom is -0.396 e. The van der Waals surface area contributed by atoms with Gasteiger partial charge in [0.05, 0.1) is 6.21 Å². The summed E-state index contributed by atoms with van der Waals surface area (Å²) in [5.74, 6) is -0.834. The van der Waals surface area contributed by atoms with Crippen LogP contribution in [0.1, 0.15) is 18.4 Å². The molecule has 5 nitrogen and oxygen atoms in total. The highest BCUT2D eigenvalue weighted by Crippen LogP contribution is 2.05. The molecule has 1 aromatic carbocycles. The quantitative estimate of drug-likeness (QED) is 0.333. The molecule has 0 unspecified atom stereocenters. The first kappa shape index (κ1) is 14.9. The van der Waals surface area contributed by atoms with Crippen LogP contribution in [0, 0.1) is 5.82 Å². The fraction of sp³-hybridized carbons (Fsp3) is 0.267. The Hall–Kier alpha value is -2.50. The Balaban J connectivity index is 1.59. The zero-order valence-corrected chi connectivity index (χ0v) is 11.4. The fourth-order valence-corrected chi connectivity index (χ4v) is 1.79. The van der Waals surface area contributed by atoms with Crippen molar-refractivity contribution in [2.75, 3.05) is 13.2 Å². The molecular weight excluding hydrogens is 274 g/mol. The topological polar surface area (TPSA) is 59.0 Å². The van der Waals surface area contributed by atoms with E-state index >= 15 is 0 Å². The number of oxime groups is 1. The van der Waals surface area contributed by atoms with Gasteiger partial charge >= 0.3 is 0 Å². The van der Waals surface area contributed by atoms with Crippen LogP contribution in [0.3, 0.4) is 0 Å². The molecule has 110 valence electrons. The van der Waals surface area contributed by atoms with Crippen LogP contribution in [0.2, 0.25) is 0 Å². The normalized spacial score (nSPS) is 14.4. The third-order valence-electron chi connectivity index (χ3n) is 2.91. The number of halogens is 1. The van der Waals surface area contributed by atoms with E-state index in [9.17, 15) is 14.0 Å². The molecule has 1 aliphatic rings. The first-order valence-corrected chi connectivity index (χ1v) is 6.61. The van der Waals surface area contributed by atoms with E-state index in [1.165, 1.54) is 35.4 Å². The minimum atomic E-state index is -0.298. The molecule has 2 rings (SSSR count). The van der Waals surface area contributed by atoms with Crippen LogP contribution >= 0.6 is 0 Å². The predicted octanol–water partition coefficient (Wildman–Crippen LogP) is 1.88. The average Bonchev–Trinajstić information content (AvgIpc) is 2.79. The second-order valence-corrected chi connectivity index (χ2v) is 4.49. The standard InChI is InChI=1S/C15H15FN2O3/c16-13-5-3-12(4-6-13)11-17-21-10-2-1-9-18-14(19)7-8-15(18)20/h3-8,11H,1-2,9-10H2/b17-11+/i16-1. The molecule has 1 heterocycles. The second-order valence-electron chi connectivity index (χ2n) is 4.49. The lowest BCUT2D eigenvalue weighted by Crippen LogP contribution is -2.30. The number of unbranched alkanes of at least 4 members (excludes halogenated alkanes) is 1. The van der Waals surface area contributed by atoms with Crippen molar-refractivity contribution in [1.82, 2.24) is 4.90 Å². The lowest BCUT2D eigenvalue weighted by atomic mass is 10.2. The van der Waals surface area contributed by atoms with Gasteiger partial charge in [-0.05, 0) is 30.5 Å². The summed E-state index contributed by atoms with van der Waals surface area (Å²) >= 11 is 0. The maximum absolute atomic E-state index is 12.7. The molecule has 0 fully saturated rings. The molecule has 0 bridgehead atoms. The number of benzene rings is 1. The smallest absolute Gasteiger partial charge is 0.253 e. The first-order valence-electron chi connectivity index (χ1n) is 6.61. The summed E-state index contributed by atoms with van der Waals surface area (Å²) in [5.41, 5.74) is 0.746. The summed E-state index contributed by atoms with van der Waals surface area (Å²) in [5, 5.41) is 3.76. The van der Waals surface area contributed by atoms with Gasteiger partial charge in [0.15, 0.2) is 0 Å². The lowest BCUT2D eigenvalue weighted by molar-refractivity contribution is -0.136. The Bertz CT molecular complexity index is 549. The van der Waals surface area contributed by atoms with Crippen LogP contribution in [0.15, 0.2) is 41.6 Å². The van der Waals surface area contributed by atoms with E-state index in [1.807, 2.05) is 0 Å². The summed E-state index contributed by atoms with van der Waals surface area (Å²) in [7, 11) is 0. The third kappa shape index (κ3) is 4.52. The van der Waals surface area contributed by atoms with Crippen LogP contribution in [0.4, 0.5) is 4.39 Å². The molecule has 0 N–H and O–H groups in total. The molecule has 0 spiro atoms. The van der Waals surface area contributed by atoms with Crippen molar-refractivity contribution in [2.45, 2.75) is 12.8 Å². The van der Waals surface area contributed by atoms with Gasteiger partial charge in [-0.15, -0.1) is 0 Å². The molecule has 2 amide bonds. The lowest BCUT2D eigenvalue weighted by Gasteiger charge is -2.12. The highest BCUT2D eigenvalue weighted by Gasteiger charge is 2.22. The van der Waals surface area contributed by atoms with Crippen LogP contribution in [0.25, 0.3) is 0 Å². The van der Waals surface area contributed by atoms with Gasteiger partial charge in [0.2, 0.25) is 0 Å². The number of carbonyl (C=O) groups is 2. The number of amides is 2. The molecule has 21 heavy (non-hydrogen) atoms. The maximum Gasteiger partial charge on any atom is 0.253 e. The highest BCUT2D eigenvalue weighted by atomic mass is 18.2. The molecule has 0 saturated heterocycles. The maximum atomic E-state index is 12.7. The average molecular weight is 289 g/mol.